The molecule has 3 aromatic rings. The first-order chi connectivity index (χ1) is 17.0. The number of amides is 1. The third-order valence-corrected chi connectivity index (χ3v) is 5.77. The first kappa shape index (κ1) is 24.5. The number of nitrogens with zero attached hydrogens (tertiary/aromatic N) is 2. The van der Waals surface area contributed by atoms with E-state index in [4.69, 9.17) is 9.15 Å². The van der Waals surface area contributed by atoms with Crippen LogP contribution in [0.25, 0.3) is 11.1 Å². The number of nitrogens with one attached hydrogen (secondary N) is 3. The monoisotopic (exact) mass is 543 g/mol. The predicted molar refractivity (Wildman–Crippen MR) is 135 cm³/mol. The fourth-order valence-corrected chi connectivity index (χ4v) is 3.85. The van der Waals surface area contributed by atoms with Gasteiger partial charge >= 0.3 is 5.97 Å². The Bertz CT molecular complexity index is 1210. The maximum Gasteiger partial charge on any atom is 0.326 e. The van der Waals surface area contributed by atoms with E-state index in [9.17, 15) is 14.7 Å². The zero-order chi connectivity index (χ0) is 24.6. The van der Waals surface area contributed by atoms with Crippen LogP contribution < -0.4 is 20.7 Å². The molecule has 35 heavy (non-hydrogen) atoms. The van der Waals surface area contributed by atoms with E-state index in [2.05, 4.69) is 41.9 Å². The van der Waals surface area contributed by atoms with Gasteiger partial charge < -0.3 is 24.9 Å². The Morgan fingerprint density at radius 3 is 2.80 bits per heavy atom. The fourth-order valence-electron chi connectivity index (χ4n) is 3.50. The maximum absolute atomic E-state index is 12.0. The lowest BCUT2D eigenvalue weighted by atomic mass is 10.1. The SMILES string of the molecule is O=C(CCCOc1ccc(C[C@H](Nc2nc3cc(Br)ccc3o2)C(=O)O)cc1)NC1=NCCCN1. The summed E-state index contributed by atoms with van der Waals surface area (Å²) >= 11 is 3.38. The fraction of sp³-hybridized carbons (Fsp3) is 0.333. The number of carbonyl (C=O) groups is 2. The number of carboxylic acids is 1. The number of fused-ring (bicyclic) bond motifs is 1. The van der Waals surface area contributed by atoms with Gasteiger partial charge in [-0.15, -0.1) is 0 Å². The number of hydrogen-bond donors (Lipinski definition) is 4. The van der Waals surface area contributed by atoms with Crippen molar-refractivity contribution >= 4 is 50.9 Å². The molecule has 4 rings (SSSR count). The van der Waals surface area contributed by atoms with Crippen LogP contribution in [0.15, 0.2) is 56.3 Å². The molecule has 0 unspecified atom stereocenters. The van der Waals surface area contributed by atoms with Crippen LogP contribution in [0.4, 0.5) is 6.01 Å². The molecule has 10 nitrogen and oxygen atoms in total. The summed E-state index contributed by atoms with van der Waals surface area (Å²) in [5.74, 6) is 0.0743. The number of aliphatic carboxylic acids is 1. The summed E-state index contributed by atoms with van der Waals surface area (Å²) in [5.41, 5.74) is 2.01. The minimum atomic E-state index is -1.01. The molecule has 11 heteroatoms. The van der Waals surface area contributed by atoms with Crippen molar-refractivity contribution in [3.05, 3.63) is 52.5 Å². The van der Waals surface area contributed by atoms with Crippen LogP contribution in [0.5, 0.6) is 5.75 Å². The Hall–Kier alpha value is -3.60. The number of benzene rings is 2. The lowest BCUT2D eigenvalue weighted by Gasteiger charge is -2.15. The van der Waals surface area contributed by atoms with Crippen LogP contribution in [0.1, 0.15) is 24.8 Å². The number of carboxylic acid groups (broad SMARTS) is 1. The molecule has 2 aromatic carbocycles. The first-order valence-corrected chi connectivity index (χ1v) is 12.1. The minimum Gasteiger partial charge on any atom is -0.494 e. The van der Waals surface area contributed by atoms with Gasteiger partial charge in [0.1, 0.15) is 17.3 Å². The van der Waals surface area contributed by atoms with E-state index >= 15 is 0 Å². The van der Waals surface area contributed by atoms with Crippen molar-refractivity contribution in [2.75, 3.05) is 25.0 Å². The average Bonchev–Trinajstić information content (AvgIpc) is 3.24. The molecular formula is C24H26BrN5O5. The van der Waals surface area contributed by atoms with Gasteiger partial charge in [-0.2, -0.15) is 4.98 Å². The van der Waals surface area contributed by atoms with Gasteiger partial charge in [0.2, 0.25) is 5.91 Å². The number of anilines is 1. The number of guanidine groups is 1. The molecule has 4 N–H and O–H groups in total. The number of aliphatic imine (C=N–C) groups is 1. The molecule has 0 fully saturated rings. The van der Waals surface area contributed by atoms with Crippen molar-refractivity contribution in [1.82, 2.24) is 15.6 Å². The van der Waals surface area contributed by atoms with Gasteiger partial charge in [0.15, 0.2) is 11.5 Å². The van der Waals surface area contributed by atoms with Crippen LogP contribution in [-0.2, 0) is 16.0 Å². The summed E-state index contributed by atoms with van der Waals surface area (Å²) in [4.78, 5) is 32.3. The van der Waals surface area contributed by atoms with Gasteiger partial charge in [-0.25, -0.2) is 4.79 Å². The van der Waals surface area contributed by atoms with Gasteiger partial charge in [0.05, 0.1) is 6.61 Å². The highest BCUT2D eigenvalue weighted by Crippen LogP contribution is 2.23. The van der Waals surface area contributed by atoms with E-state index in [1.54, 1.807) is 24.3 Å². The van der Waals surface area contributed by atoms with Crippen molar-refractivity contribution in [2.45, 2.75) is 31.7 Å². The van der Waals surface area contributed by atoms with Crippen LogP contribution in [0.2, 0.25) is 0 Å². The molecule has 1 atom stereocenters. The predicted octanol–water partition coefficient (Wildman–Crippen LogP) is 3.32. The van der Waals surface area contributed by atoms with Gasteiger partial charge in [0.25, 0.3) is 6.01 Å². The summed E-state index contributed by atoms with van der Waals surface area (Å²) in [6.07, 6.45) is 2.09. The van der Waals surface area contributed by atoms with Crippen molar-refractivity contribution < 1.29 is 23.8 Å². The van der Waals surface area contributed by atoms with Crippen molar-refractivity contribution in [3.63, 3.8) is 0 Å². The highest BCUT2D eigenvalue weighted by Gasteiger charge is 2.20. The van der Waals surface area contributed by atoms with Gasteiger partial charge in [-0.3, -0.25) is 15.1 Å². The molecule has 0 aliphatic carbocycles. The molecule has 1 amide bonds. The van der Waals surface area contributed by atoms with Gasteiger partial charge in [-0.1, -0.05) is 28.1 Å². The number of oxazole rings is 1. The summed E-state index contributed by atoms with van der Waals surface area (Å²) in [7, 11) is 0. The standard InChI is InChI=1S/C24H26BrN5O5/c25-16-6-9-20-18(14-16)28-24(35-20)29-19(22(32)33)13-15-4-7-17(8-5-15)34-12-1-3-21(31)30-23-26-10-2-11-27-23/h4-9,14,19H,1-3,10-13H2,(H,28,29)(H,32,33)(H2,26,27,30,31)/t19-/m0/s1. The van der Waals surface area contributed by atoms with Gasteiger partial charge in [0, 0.05) is 30.4 Å². The van der Waals surface area contributed by atoms with E-state index in [-0.39, 0.29) is 18.3 Å². The topological polar surface area (TPSA) is 138 Å². The normalized spacial score (nSPS) is 14.0. The molecule has 1 aliphatic rings. The lowest BCUT2D eigenvalue weighted by Crippen LogP contribution is -2.43. The Morgan fingerprint density at radius 1 is 1.23 bits per heavy atom. The van der Waals surface area contributed by atoms with Crippen LogP contribution in [0, 0.1) is 0 Å². The Balaban J connectivity index is 1.24. The Morgan fingerprint density at radius 2 is 2.06 bits per heavy atom. The minimum absolute atomic E-state index is 0.101. The van der Waals surface area contributed by atoms with Crippen molar-refractivity contribution in [1.29, 1.82) is 0 Å². The first-order valence-electron chi connectivity index (χ1n) is 11.3. The number of aromatic nitrogens is 1. The quantitative estimate of drug-likeness (QED) is 0.285. The third kappa shape index (κ3) is 7.19. The molecule has 1 aromatic heterocycles. The second-order valence-corrected chi connectivity index (χ2v) is 8.94. The molecule has 0 saturated carbocycles. The van der Waals surface area contributed by atoms with E-state index in [0.29, 0.717) is 42.3 Å². The average molecular weight is 544 g/mol. The summed E-state index contributed by atoms with van der Waals surface area (Å²) in [6.45, 7) is 1.93. The lowest BCUT2D eigenvalue weighted by molar-refractivity contribution is -0.138. The van der Waals surface area contributed by atoms with E-state index in [1.807, 2.05) is 18.2 Å². The zero-order valence-corrected chi connectivity index (χ0v) is 20.5. The van der Waals surface area contributed by atoms with Crippen LogP contribution in [0.3, 0.4) is 0 Å². The molecular weight excluding hydrogens is 518 g/mol. The second-order valence-electron chi connectivity index (χ2n) is 8.03. The molecule has 0 saturated heterocycles. The molecule has 184 valence electrons. The number of ether oxygens (including phenoxy) is 1. The van der Waals surface area contributed by atoms with Crippen LogP contribution >= 0.6 is 15.9 Å². The summed E-state index contributed by atoms with van der Waals surface area (Å²) in [5, 5.41) is 18.3. The Kier molecular flexibility index (Phi) is 8.19. The Labute approximate surface area is 210 Å². The maximum atomic E-state index is 12.0. The van der Waals surface area contributed by atoms with Crippen molar-refractivity contribution in [2.24, 2.45) is 4.99 Å². The smallest absolute Gasteiger partial charge is 0.326 e. The number of hydrogen-bond acceptors (Lipinski definition) is 8. The molecule has 0 bridgehead atoms. The largest absolute Gasteiger partial charge is 0.494 e. The summed E-state index contributed by atoms with van der Waals surface area (Å²) in [6, 6.07) is 11.8. The molecule has 1 aliphatic heterocycles. The molecule has 2 heterocycles. The highest BCUT2D eigenvalue weighted by atomic mass is 79.9. The van der Waals surface area contributed by atoms with Crippen molar-refractivity contribution in [3.8, 4) is 5.75 Å². The third-order valence-electron chi connectivity index (χ3n) is 5.28. The molecule has 0 spiro atoms. The highest BCUT2D eigenvalue weighted by molar-refractivity contribution is 9.10. The van der Waals surface area contributed by atoms with Gasteiger partial charge in [-0.05, 0) is 48.7 Å². The summed E-state index contributed by atoms with van der Waals surface area (Å²) < 4.78 is 12.2. The number of rotatable bonds is 10. The van der Waals surface area contributed by atoms with E-state index in [1.165, 1.54) is 0 Å². The second kappa shape index (κ2) is 11.7. The van der Waals surface area contributed by atoms with E-state index < -0.39 is 12.0 Å². The number of carbonyl (C=O) groups excluding carboxylic acids is 1. The van der Waals surface area contributed by atoms with E-state index in [0.717, 1.165) is 29.5 Å². The van der Waals surface area contributed by atoms with Crippen LogP contribution in [-0.4, -0.2) is 53.7 Å². The molecule has 0 radical (unpaired) electrons. The zero-order valence-electron chi connectivity index (χ0n) is 18.9. The number of halogens is 1.